The second kappa shape index (κ2) is 8.77. The summed E-state index contributed by atoms with van der Waals surface area (Å²) in [6.45, 7) is 1.88. The highest BCUT2D eigenvalue weighted by Gasteiger charge is 2.37. The zero-order valence-corrected chi connectivity index (χ0v) is 15.5. The summed E-state index contributed by atoms with van der Waals surface area (Å²) in [6, 6.07) is 15.2. The fraction of sp³-hybridized carbons (Fsp3) is 0.286. The summed E-state index contributed by atoms with van der Waals surface area (Å²) in [5, 5.41) is 13.1. The molecule has 0 radical (unpaired) electrons. The maximum atomic E-state index is 12.5. The van der Waals surface area contributed by atoms with Gasteiger partial charge in [-0.3, -0.25) is 19.3 Å². The van der Waals surface area contributed by atoms with Crippen molar-refractivity contribution in [2.75, 3.05) is 19.7 Å². The number of hydrogen-bond acceptors (Lipinski definition) is 5. The summed E-state index contributed by atoms with van der Waals surface area (Å²) >= 11 is 0. The molecule has 1 aliphatic rings. The molecule has 2 atom stereocenters. The lowest BCUT2D eigenvalue weighted by Gasteiger charge is -2.26. The van der Waals surface area contributed by atoms with Gasteiger partial charge in [0.25, 0.3) is 17.7 Å². The lowest BCUT2D eigenvalue weighted by atomic mass is 10.1. The molecular formula is C21H22N2O5. The molecule has 7 nitrogen and oxygen atoms in total. The Morgan fingerprint density at radius 2 is 1.61 bits per heavy atom. The van der Waals surface area contributed by atoms with E-state index in [0.29, 0.717) is 16.7 Å². The molecule has 7 heteroatoms. The molecule has 0 bridgehead atoms. The molecule has 146 valence electrons. The molecule has 1 heterocycles. The summed E-state index contributed by atoms with van der Waals surface area (Å²) in [6.07, 6.45) is -1.90. The quantitative estimate of drug-likeness (QED) is 0.674. The number of fused-ring (bicyclic) bond motifs is 1. The van der Waals surface area contributed by atoms with Crippen molar-refractivity contribution < 1.29 is 24.2 Å². The molecule has 3 rings (SSSR count). The fourth-order valence-corrected chi connectivity index (χ4v) is 3.10. The fourth-order valence-electron chi connectivity index (χ4n) is 3.10. The largest absolute Gasteiger partial charge is 0.388 e. The van der Waals surface area contributed by atoms with E-state index in [2.05, 4.69) is 5.32 Å². The number of benzene rings is 2. The molecule has 0 saturated heterocycles. The Morgan fingerprint density at radius 1 is 1.04 bits per heavy atom. The highest BCUT2D eigenvalue weighted by molar-refractivity contribution is 6.21. The van der Waals surface area contributed by atoms with E-state index in [0.717, 1.165) is 4.90 Å². The number of amides is 3. The van der Waals surface area contributed by atoms with Gasteiger partial charge in [0.2, 0.25) is 0 Å². The van der Waals surface area contributed by atoms with Crippen molar-refractivity contribution in [3.05, 3.63) is 71.3 Å². The van der Waals surface area contributed by atoms with Crippen LogP contribution in [0.25, 0.3) is 0 Å². The van der Waals surface area contributed by atoms with E-state index in [1.54, 1.807) is 61.5 Å². The van der Waals surface area contributed by atoms with E-state index < -0.39 is 24.0 Å². The van der Waals surface area contributed by atoms with Crippen molar-refractivity contribution >= 4 is 17.7 Å². The Hall–Kier alpha value is -3.03. The van der Waals surface area contributed by atoms with Crippen LogP contribution < -0.4 is 5.32 Å². The molecule has 0 saturated carbocycles. The number of hydrogen-bond donors (Lipinski definition) is 2. The second-order valence-electron chi connectivity index (χ2n) is 6.40. The number of aliphatic hydroxyl groups is 1. The van der Waals surface area contributed by atoms with Crippen molar-refractivity contribution in [3.8, 4) is 0 Å². The minimum Gasteiger partial charge on any atom is -0.388 e. The normalized spacial score (nSPS) is 15.3. The molecule has 0 fully saturated rings. The number of nitrogens with zero attached hydrogens (tertiary/aromatic N) is 1. The molecular weight excluding hydrogens is 360 g/mol. The molecule has 0 aliphatic carbocycles. The average molecular weight is 382 g/mol. The summed E-state index contributed by atoms with van der Waals surface area (Å²) in [5.41, 5.74) is 1.16. The van der Waals surface area contributed by atoms with Crippen LogP contribution in [0.4, 0.5) is 0 Å². The van der Waals surface area contributed by atoms with Gasteiger partial charge in [-0.25, -0.2) is 0 Å². The predicted molar refractivity (Wildman–Crippen MR) is 102 cm³/mol. The van der Waals surface area contributed by atoms with Crippen LogP contribution in [0.3, 0.4) is 0 Å². The van der Waals surface area contributed by atoms with E-state index in [4.69, 9.17) is 4.74 Å². The van der Waals surface area contributed by atoms with Gasteiger partial charge in [0.1, 0.15) is 6.10 Å². The molecule has 28 heavy (non-hydrogen) atoms. The van der Waals surface area contributed by atoms with Gasteiger partial charge in [-0.05, 0) is 31.2 Å². The molecule has 3 amide bonds. The lowest BCUT2D eigenvalue weighted by Crippen LogP contribution is -2.47. The lowest BCUT2D eigenvalue weighted by molar-refractivity contribution is -0.0405. The van der Waals surface area contributed by atoms with E-state index in [1.807, 2.05) is 0 Å². The van der Waals surface area contributed by atoms with Crippen LogP contribution in [0.15, 0.2) is 54.6 Å². The summed E-state index contributed by atoms with van der Waals surface area (Å²) in [7, 11) is 0. The third kappa shape index (κ3) is 4.11. The van der Waals surface area contributed by atoms with Crippen LogP contribution >= 0.6 is 0 Å². The standard InChI is InChI=1S/C21H22N2O5/c1-2-28-18(17(24)12-22-19(25)14-8-4-3-5-9-14)13-23-20(26)15-10-6-7-11-16(15)21(23)27/h3-11,17-18,24H,2,12-13H2,1H3,(H,22,25)/t17-,18+/m0/s1. The van der Waals surface area contributed by atoms with Gasteiger partial charge >= 0.3 is 0 Å². The van der Waals surface area contributed by atoms with Crippen LogP contribution in [-0.4, -0.2) is 59.6 Å². The molecule has 0 aromatic heterocycles. The van der Waals surface area contributed by atoms with Gasteiger partial charge in [0.15, 0.2) is 0 Å². The average Bonchev–Trinajstić information content (AvgIpc) is 2.97. The Morgan fingerprint density at radius 3 is 2.18 bits per heavy atom. The number of ether oxygens (including phenoxy) is 1. The number of rotatable bonds is 8. The number of carbonyl (C=O) groups is 3. The van der Waals surface area contributed by atoms with E-state index in [-0.39, 0.29) is 25.6 Å². The van der Waals surface area contributed by atoms with Crippen LogP contribution in [-0.2, 0) is 4.74 Å². The summed E-state index contributed by atoms with van der Waals surface area (Å²) < 4.78 is 5.55. The molecule has 0 spiro atoms. The zero-order chi connectivity index (χ0) is 20.1. The second-order valence-corrected chi connectivity index (χ2v) is 6.40. The third-order valence-electron chi connectivity index (χ3n) is 4.56. The molecule has 1 aliphatic heterocycles. The summed E-state index contributed by atoms with van der Waals surface area (Å²) in [4.78, 5) is 38.3. The first-order valence-corrected chi connectivity index (χ1v) is 9.11. The monoisotopic (exact) mass is 382 g/mol. The highest BCUT2D eigenvalue weighted by Crippen LogP contribution is 2.23. The smallest absolute Gasteiger partial charge is 0.261 e. The zero-order valence-electron chi connectivity index (χ0n) is 15.5. The third-order valence-corrected chi connectivity index (χ3v) is 4.56. The minimum absolute atomic E-state index is 0.0679. The van der Waals surface area contributed by atoms with Crippen molar-refractivity contribution in [1.82, 2.24) is 10.2 Å². The van der Waals surface area contributed by atoms with Crippen molar-refractivity contribution in [2.24, 2.45) is 0 Å². The SMILES string of the molecule is CCO[C@H](CN1C(=O)c2ccccc2C1=O)[C@@H](O)CNC(=O)c1ccccc1. The van der Waals surface area contributed by atoms with Gasteiger partial charge in [0, 0.05) is 18.7 Å². The topological polar surface area (TPSA) is 95.9 Å². The Kier molecular flexibility index (Phi) is 6.18. The Balaban J connectivity index is 1.64. The maximum Gasteiger partial charge on any atom is 0.261 e. The summed E-state index contributed by atoms with van der Waals surface area (Å²) in [5.74, 6) is -1.15. The van der Waals surface area contributed by atoms with Crippen molar-refractivity contribution in [2.45, 2.75) is 19.1 Å². The molecule has 0 unspecified atom stereocenters. The van der Waals surface area contributed by atoms with Crippen molar-refractivity contribution in [3.63, 3.8) is 0 Å². The van der Waals surface area contributed by atoms with Crippen LogP contribution in [0.5, 0.6) is 0 Å². The van der Waals surface area contributed by atoms with E-state index in [9.17, 15) is 19.5 Å². The van der Waals surface area contributed by atoms with Gasteiger partial charge in [-0.2, -0.15) is 0 Å². The number of nitrogens with one attached hydrogen (secondary N) is 1. The molecule has 2 aromatic rings. The first kappa shape index (κ1) is 19.7. The maximum absolute atomic E-state index is 12.5. The number of imide groups is 1. The number of aliphatic hydroxyl groups excluding tert-OH is 1. The predicted octanol–water partition coefficient (Wildman–Crippen LogP) is 1.48. The minimum atomic E-state index is -1.09. The van der Waals surface area contributed by atoms with Crippen LogP contribution in [0, 0.1) is 0 Å². The molecule has 2 N–H and O–H groups in total. The first-order chi connectivity index (χ1) is 13.5. The van der Waals surface area contributed by atoms with Crippen molar-refractivity contribution in [1.29, 1.82) is 0 Å². The van der Waals surface area contributed by atoms with Gasteiger partial charge in [-0.15, -0.1) is 0 Å². The first-order valence-electron chi connectivity index (χ1n) is 9.11. The van der Waals surface area contributed by atoms with Crippen LogP contribution in [0.1, 0.15) is 38.0 Å². The van der Waals surface area contributed by atoms with E-state index in [1.165, 1.54) is 0 Å². The number of carbonyl (C=O) groups excluding carboxylic acids is 3. The van der Waals surface area contributed by atoms with Gasteiger partial charge in [0.05, 0.1) is 23.8 Å². The highest BCUT2D eigenvalue weighted by atomic mass is 16.5. The van der Waals surface area contributed by atoms with Gasteiger partial charge in [-0.1, -0.05) is 30.3 Å². The van der Waals surface area contributed by atoms with E-state index >= 15 is 0 Å². The van der Waals surface area contributed by atoms with Crippen LogP contribution in [0.2, 0.25) is 0 Å². The molecule has 2 aromatic carbocycles. The Labute approximate surface area is 162 Å². The Bertz CT molecular complexity index is 833. The van der Waals surface area contributed by atoms with Gasteiger partial charge < -0.3 is 15.2 Å².